The van der Waals surface area contributed by atoms with Gasteiger partial charge in [-0.15, -0.1) is 11.3 Å². The number of hydrogen-bond acceptors (Lipinski definition) is 4. The molecule has 5 nitrogen and oxygen atoms in total. The van der Waals surface area contributed by atoms with Crippen molar-refractivity contribution in [3.8, 4) is 5.75 Å². The molecule has 0 aliphatic heterocycles. The Kier molecular flexibility index (Phi) is 4.90. The van der Waals surface area contributed by atoms with Crippen molar-refractivity contribution in [1.29, 1.82) is 0 Å². The number of ether oxygens (including phenoxy) is 1. The molecule has 0 atom stereocenters. The molecule has 0 saturated carbocycles. The lowest BCUT2D eigenvalue weighted by atomic mass is 10.1. The van der Waals surface area contributed by atoms with Gasteiger partial charge in [-0.2, -0.15) is 0 Å². The highest BCUT2D eigenvalue weighted by molar-refractivity contribution is 9.11. The maximum Gasteiger partial charge on any atom is 0.307 e. The fourth-order valence-electron chi connectivity index (χ4n) is 2.82. The molecule has 2 heterocycles. The highest BCUT2D eigenvalue weighted by Gasteiger charge is 2.23. The van der Waals surface area contributed by atoms with Crippen LogP contribution in [0.5, 0.6) is 5.75 Å². The van der Waals surface area contributed by atoms with Gasteiger partial charge in [0.15, 0.2) is 0 Å². The van der Waals surface area contributed by atoms with Crippen molar-refractivity contribution in [2.75, 3.05) is 7.11 Å². The molecule has 1 N–H and O–H groups in total. The van der Waals surface area contributed by atoms with E-state index in [9.17, 15) is 14.7 Å². The van der Waals surface area contributed by atoms with Crippen LogP contribution in [0.1, 0.15) is 21.6 Å². The third kappa shape index (κ3) is 3.19. The minimum Gasteiger partial charge on any atom is -0.495 e. The van der Waals surface area contributed by atoms with E-state index >= 15 is 0 Å². The SMILES string of the molecule is COc1cc2c(CC(=O)O)c(C)n(C(=O)c3csc(Br)c3)c2cc1Cl. The number of methoxy groups -OCH3 is 1. The van der Waals surface area contributed by atoms with E-state index in [0.717, 1.165) is 3.79 Å². The van der Waals surface area contributed by atoms with Crippen LogP contribution < -0.4 is 4.74 Å². The Bertz CT molecular complexity index is 1010. The molecule has 8 heteroatoms. The number of nitrogens with zero attached hydrogens (tertiary/aromatic N) is 1. The molecule has 2 aromatic heterocycles. The second-order valence-corrected chi connectivity index (χ2v) is 8.12. The van der Waals surface area contributed by atoms with E-state index in [1.807, 2.05) is 0 Å². The number of halogens is 2. The highest BCUT2D eigenvalue weighted by atomic mass is 79.9. The van der Waals surface area contributed by atoms with E-state index in [1.54, 1.807) is 30.5 Å². The first-order valence-electron chi connectivity index (χ1n) is 7.21. The zero-order valence-corrected chi connectivity index (χ0v) is 16.5. The number of rotatable bonds is 4. The van der Waals surface area contributed by atoms with Gasteiger partial charge in [0.2, 0.25) is 0 Å². The summed E-state index contributed by atoms with van der Waals surface area (Å²) in [5.74, 6) is -0.771. The van der Waals surface area contributed by atoms with Crippen molar-refractivity contribution in [2.45, 2.75) is 13.3 Å². The molecular weight excluding hydrogens is 430 g/mol. The molecule has 0 radical (unpaired) electrons. The van der Waals surface area contributed by atoms with Crippen molar-refractivity contribution in [3.63, 3.8) is 0 Å². The number of benzene rings is 1. The summed E-state index contributed by atoms with van der Waals surface area (Å²) < 4.78 is 7.58. The molecule has 3 rings (SSSR count). The van der Waals surface area contributed by atoms with Gasteiger partial charge in [0, 0.05) is 16.5 Å². The summed E-state index contributed by atoms with van der Waals surface area (Å²) in [5.41, 5.74) is 2.23. The number of thiophene rings is 1. The van der Waals surface area contributed by atoms with Crippen LogP contribution in [0.4, 0.5) is 0 Å². The quantitative estimate of drug-likeness (QED) is 0.633. The number of carboxylic acids is 1. The molecule has 0 aliphatic rings. The molecule has 0 bridgehead atoms. The van der Waals surface area contributed by atoms with Gasteiger partial charge in [-0.3, -0.25) is 14.2 Å². The average molecular weight is 443 g/mol. The maximum atomic E-state index is 13.0. The third-order valence-electron chi connectivity index (χ3n) is 3.95. The van der Waals surface area contributed by atoms with Crippen LogP contribution in [-0.4, -0.2) is 28.7 Å². The summed E-state index contributed by atoms with van der Waals surface area (Å²) >= 11 is 11.0. The van der Waals surface area contributed by atoms with Crippen LogP contribution in [-0.2, 0) is 11.2 Å². The van der Waals surface area contributed by atoms with E-state index < -0.39 is 5.97 Å². The molecule has 0 amide bonds. The summed E-state index contributed by atoms with van der Waals surface area (Å²) in [6.45, 7) is 1.73. The fraction of sp³-hybridized carbons (Fsp3) is 0.176. The summed E-state index contributed by atoms with van der Waals surface area (Å²) in [6.07, 6.45) is -0.194. The van der Waals surface area contributed by atoms with Crippen LogP contribution in [0.25, 0.3) is 10.9 Å². The first-order chi connectivity index (χ1) is 11.8. The van der Waals surface area contributed by atoms with E-state index in [2.05, 4.69) is 15.9 Å². The van der Waals surface area contributed by atoms with Gasteiger partial charge in [0.25, 0.3) is 5.91 Å². The van der Waals surface area contributed by atoms with Crippen molar-refractivity contribution < 1.29 is 19.4 Å². The summed E-state index contributed by atoms with van der Waals surface area (Å²) in [6, 6.07) is 5.05. The van der Waals surface area contributed by atoms with Crippen molar-refractivity contribution in [1.82, 2.24) is 4.57 Å². The van der Waals surface area contributed by atoms with Gasteiger partial charge >= 0.3 is 5.97 Å². The molecule has 0 fully saturated rings. The van der Waals surface area contributed by atoms with Crippen LogP contribution >= 0.6 is 38.9 Å². The smallest absolute Gasteiger partial charge is 0.307 e. The minimum atomic E-state index is -0.971. The van der Waals surface area contributed by atoms with Crippen LogP contribution in [0.2, 0.25) is 5.02 Å². The zero-order chi connectivity index (χ0) is 18.3. The van der Waals surface area contributed by atoms with Gasteiger partial charge in [-0.1, -0.05) is 11.6 Å². The number of carbonyl (C=O) groups is 2. The Morgan fingerprint density at radius 3 is 2.64 bits per heavy atom. The lowest BCUT2D eigenvalue weighted by Gasteiger charge is -2.07. The van der Waals surface area contributed by atoms with Crippen molar-refractivity contribution in [3.05, 3.63) is 49.2 Å². The Hall–Kier alpha value is -1.83. The van der Waals surface area contributed by atoms with Crippen molar-refractivity contribution in [2.24, 2.45) is 0 Å². The van der Waals surface area contributed by atoms with Gasteiger partial charge in [0.05, 0.1) is 33.4 Å². The van der Waals surface area contributed by atoms with Gasteiger partial charge in [0.1, 0.15) is 5.75 Å². The molecule has 3 aromatic rings. The topological polar surface area (TPSA) is 68.5 Å². The summed E-state index contributed by atoms with van der Waals surface area (Å²) in [5, 5.41) is 12.0. The van der Waals surface area contributed by atoms with Crippen molar-refractivity contribution >= 4 is 61.6 Å². The van der Waals surface area contributed by atoms with Crippen LogP contribution in [0, 0.1) is 6.92 Å². The Labute approximate surface area is 160 Å². The molecule has 1 aromatic carbocycles. The Morgan fingerprint density at radius 1 is 1.36 bits per heavy atom. The molecule has 0 spiro atoms. The highest BCUT2D eigenvalue weighted by Crippen LogP contribution is 2.36. The number of aliphatic carboxylic acids is 1. The molecule has 0 unspecified atom stereocenters. The van der Waals surface area contributed by atoms with Crippen LogP contribution in [0.3, 0.4) is 0 Å². The number of aromatic nitrogens is 1. The van der Waals surface area contributed by atoms with E-state index in [-0.39, 0.29) is 12.3 Å². The van der Waals surface area contributed by atoms with E-state index in [1.165, 1.54) is 23.0 Å². The molecular formula is C17H13BrClNO4S. The number of fused-ring (bicyclic) bond motifs is 1. The first-order valence-corrected chi connectivity index (χ1v) is 9.26. The maximum absolute atomic E-state index is 13.0. The standard InChI is InChI=1S/C17H13BrClNO4S/c1-8-10(5-16(21)22)11-4-14(24-2)12(19)6-13(11)20(8)17(23)9-3-15(18)25-7-9/h3-4,6-7H,5H2,1-2H3,(H,21,22). The number of carboxylic acid groups (broad SMARTS) is 1. The predicted octanol–water partition coefficient (Wildman–Crippen LogP) is 4.75. The second kappa shape index (κ2) is 6.82. The molecule has 25 heavy (non-hydrogen) atoms. The van der Waals surface area contributed by atoms with Crippen LogP contribution in [0.15, 0.2) is 27.4 Å². The molecule has 130 valence electrons. The van der Waals surface area contributed by atoms with E-state index in [0.29, 0.717) is 38.5 Å². The van der Waals surface area contributed by atoms with E-state index in [4.69, 9.17) is 16.3 Å². The monoisotopic (exact) mass is 441 g/mol. The normalized spacial score (nSPS) is 11.0. The second-order valence-electron chi connectivity index (χ2n) is 5.42. The lowest BCUT2D eigenvalue weighted by molar-refractivity contribution is -0.136. The average Bonchev–Trinajstić information content (AvgIpc) is 3.08. The third-order valence-corrected chi connectivity index (χ3v) is 5.75. The van der Waals surface area contributed by atoms with Gasteiger partial charge in [-0.25, -0.2) is 0 Å². The Balaban J connectivity index is 2.30. The Morgan fingerprint density at radius 2 is 2.08 bits per heavy atom. The number of hydrogen-bond donors (Lipinski definition) is 1. The van der Waals surface area contributed by atoms with Gasteiger partial charge < -0.3 is 9.84 Å². The number of carbonyl (C=O) groups excluding carboxylic acids is 1. The first kappa shape index (κ1) is 18.0. The lowest BCUT2D eigenvalue weighted by Crippen LogP contribution is -2.13. The largest absolute Gasteiger partial charge is 0.495 e. The minimum absolute atomic E-state index is 0.194. The predicted molar refractivity (Wildman–Crippen MR) is 101 cm³/mol. The summed E-state index contributed by atoms with van der Waals surface area (Å²) in [7, 11) is 1.49. The fourth-order valence-corrected chi connectivity index (χ4v) is 4.19. The molecule has 0 saturated heterocycles. The summed E-state index contributed by atoms with van der Waals surface area (Å²) in [4.78, 5) is 24.3. The van der Waals surface area contributed by atoms with Gasteiger partial charge in [-0.05, 0) is 46.6 Å². The molecule has 0 aliphatic carbocycles. The zero-order valence-electron chi connectivity index (χ0n) is 13.3.